The number of rotatable bonds is 1. The molecular formula is C17H9F3N2. The average Bonchev–Trinajstić information content (AvgIpc) is 2.96. The average molecular weight is 298 g/mol. The molecule has 0 saturated heterocycles. The summed E-state index contributed by atoms with van der Waals surface area (Å²) in [6.45, 7) is 0. The minimum atomic E-state index is -1.48. The van der Waals surface area contributed by atoms with E-state index in [0.29, 0.717) is 11.3 Å². The van der Waals surface area contributed by atoms with Gasteiger partial charge in [-0.2, -0.15) is 0 Å². The van der Waals surface area contributed by atoms with E-state index in [4.69, 9.17) is 0 Å². The number of para-hydroxylation sites is 1. The van der Waals surface area contributed by atoms with E-state index < -0.39 is 17.5 Å². The van der Waals surface area contributed by atoms with Gasteiger partial charge in [0.25, 0.3) is 0 Å². The Kier molecular flexibility index (Phi) is 2.69. The molecule has 22 heavy (non-hydrogen) atoms. The van der Waals surface area contributed by atoms with Crippen LogP contribution in [0.4, 0.5) is 13.2 Å². The Morgan fingerprint density at radius 3 is 2.59 bits per heavy atom. The van der Waals surface area contributed by atoms with Crippen LogP contribution >= 0.6 is 0 Å². The predicted molar refractivity (Wildman–Crippen MR) is 78.9 cm³/mol. The monoisotopic (exact) mass is 298 g/mol. The standard InChI is InChI=1S/C17H9F3N2/c18-12-7-10-11(8-21-17(10)16(20)15(12)19)14-6-5-9-3-1-2-4-13(9)22-14/h1-8,21H. The molecule has 2 nitrogen and oxygen atoms in total. The lowest BCUT2D eigenvalue weighted by molar-refractivity contribution is 0.453. The van der Waals surface area contributed by atoms with Crippen molar-refractivity contribution in [3.8, 4) is 11.3 Å². The summed E-state index contributed by atoms with van der Waals surface area (Å²) < 4.78 is 40.6. The number of pyridine rings is 1. The summed E-state index contributed by atoms with van der Waals surface area (Å²) >= 11 is 0. The van der Waals surface area contributed by atoms with Crippen molar-refractivity contribution >= 4 is 21.8 Å². The van der Waals surface area contributed by atoms with Crippen LogP contribution in [0.1, 0.15) is 0 Å². The van der Waals surface area contributed by atoms with Gasteiger partial charge in [0.2, 0.25) is 0 Å². The Morgan fingerprint density at radius 2 is 1.73 bits per heavy atom. The van der Waals surface area contributed by atoms with Crippen LogP contribution in [0.25, 0.3) is 33.1 Å². The molecule has 0 fully saturated rings. The zero-order valence-electron chi connectivity index (χ0n) is 11.2. The summed E-state index contributed by atoms with van der Waals surface area (Å²) in [5.74, 6) is -3.92. The third-order valence-electron chi connectivity index (χ3n) is 3.69. The maximum Gasteiger partial charge on any atom is 0.196 e. The lowest BCUT2D eigenvalue weighted by Gasteiger charge is -2.03. The van der Waals surface area contributed by atoms with Crippen molar-refractivity contribution in [3.05, 3.63) is 66.1 Å². The Labute approximate surface area is 123 Å². The molecule has 2 heterocycles. The summed E-state index contributed by atoms with van der Waals surface area (Å²) in [6.07, 6.45) is 1.50. The maximum atomic E-state index is 13.8. The van der Waals surface area contributed by atoms with Crippen molar-refractivity contribution in [2.24, 2.45) is 0 Å². The number of fused-ring (bicyclic) bond motifs is 2. The van der Waals surface area contributed by atoms with Crippen molar-refractivity contribution in [1.29, 1.82) is 0 Å². The fourth-order valence-corrected chi connectivity index (χ4v) is 2.60. The van der Waals surface area contributed by atoms with Crippen molar-refractivity contribution in [3.63, 3.8) is 0 Å². The van der Waals surface area contributed by atoms with E-state index in [0.717, 1.165) is 17.0 Å². The van der Waals surface area contributed by atoms with Crippen LogP contribution in [0.2, 0.25) is 0 Å². The molecule has 0 aliphatic heterocycles. The minimum absolute atomic E-state index is 0.0659. The maximum absolute atomic E-state index is 13.8. The van der Waals surface area contributed by atoms with Crippen LogP contribution < -0.4 is 0 Å². The van der Waals surface area contributed by atoms with Crippen molar-refractivity contribution in [2.75, 3.05) is 0 Å². The number of nitrogens with one attached hydrogen (secondary N) is 1. The lowest BCUT2D eigenvalue weighted by Crippen LogP contribution is -1.91. The number of hydrogen-bond donors (Lipinski definition) is 1. The van der Waals surface area contributed by atoms with Crippen LogP contribution in [0.5, 0.6) is 0 Å². The first-order chi connectivity index (χ1) is 10.6. The Balaban J connectivity index is 2.00. The van der Waals surface area contributed by atoms with Crippen molar-refractivity contribution in [1.82, 2.24) is 9.97 Å². The van der Waals surface area contributed by atoms with E-state index in [1.54, 1.807) is 6.07 Å². The summed E-state index contributed by atoms with van der Waals surface area (Å²) in [5, 5.41) is 1.23. The summed E-state index contributed by atoms with van der Waals surface area (Å²) in [4.78, 5) is 7.14. The van der Waals surface area contributed by atoms with Crippen molar-refractivity contribution < 1.29 is 13.2 Å². The molecule has 0 radical (unpaired) electrons. The van der Waals surface area contributed by atoms with E-state index >= 15 is 0 Å². The number of aromatic amines is 1. The second kappa shape index (κ2) is 4.59. The van der Waals surface area contributed by atoms with Gasteiger partial charge < -0.3 is 4.98 Å². The molecule has 2 aromatic heterocycles. The SMILES string of the molecule is Fc1cc2c(-c3ccc4ccccc4n3)c[nH]c2c(F)c1F. The Bertz CT molecular complexity index is 1020. The first kappa shape index (κ1) is 12.9. The number of H-pyrrole nitrogens is 1. The summed E-state index contributed by atoms with van der Waals surface area (Å²) in [6, 6.07) is 12.2. The molecule has 0 aliphatic carbocycles. The smallest absolute Gasteiger partial charge is 0.196 e. The molecule has 0 unspecified atom stereocenters. The quantitative estimate of drug-likeness (QED) is 0.502. The molecule has 0 atom stereocenters. The molecule has 4 rings (SSSR count). The molecule has 0 bridgehead atoms. The summed E-state index contributed by atoms with van der Waals surface area (Å²) in [7, 11) is 0. The molecule has 5 heteroatoms. The van der Waals surface area contributed by atoms with Crippen molar-refractivity contribution in [2.45, 2.75) is 0 Å². The molecule has 0 aliphatic rings. The Hall–Kier alpha value is -2.82. The fourth-order valence-electron chi connectivity index (χ4n) is 2.60. The summed E-state index contributed by atoms with van der Waals surface area (Å²) in [5.41, 5.74) is 1.80. The molecule has 0 spiro atoms. The molecule has 108 valence electrons. The van der Waals surface area contributed by atoms with Gasteiger partial charge in [-0.25, -0.2) is 18.2 Å². The number of benzene rings is 2. The van der Waals surface area contributed by atoms with Gasteiger partial charge in [-0.1, -0.05) is 24.3 Å². The van der Waals surface area contributed by atoms with Crippen LogP contribution in [0.15, 0.2) is 48.7 Å². The zero-order chi connectivity index (χ0) is 15.3. The number of aromatic nitrogens is 2. The second-order valence-corrected chi connectivity index (χ2v) is 5.00. The Morgan fingerprint density at radius 1 is 0.909 bits per heavy atom. The zero-order valence-corrected chi connectivity index (χ0v) is 11.2. The second-order valence-electron chi connectivity index (χ2n) is 5.00. The van der Waals surface area contributed by atoms with Gasteiger partial charge in [-0.15, -0.1) is 0 Å². The van der Waals surface area contributed by atoms with E-state index in [2.05, 4.69) is 9.97 Å². The first-order valence-corrected chi connectivity index (χ1v) is 6.66. The lowest BCUT2D eigenvalue weighted by atomic mass is 10.1. The van der Waals surface area contributed by atoms with Crippen LogP contribution in [0.3, 0.4) is 0 Å². The van der Waals surface area contributed by atoms with Gasteiger partial charge in [0.05, 0.1) is 16.7 Å². The van der Waals surface area contributed by atoms with Crippen LogP contribution in [0, 0.1) is 17.5 Å². The highest BCUT2D eigenvalue weighted by molar-refractivity contribution is 5.96. The molecule has 1 N–H and O–H groups in total. The highest BCUT2D eigenvalue weighted by atomic mass is 19.2. The molecule has 0 saturated carbocycles. The normalized spacial score (nSPS) is 11.4. The fraction of sp³-hybridized carbons (Fsp3) is 0. The first-order valence-electron chi connectivity index (χ1n) is 6.66. The predicted octanol–water partition coefficient (Wildman–Crippen LogP) is 4.80. The topological polar surface area (TPSA) is 28.7 Å². The van der Waals surface area contributed by atoms with Crippen LogP contribution in [-0.4, -0.2) is 9.97 Å². The van der Waals surface area contributed by atoms with E-state index in [1.807, 2.05) is 30.3 Å². The van der Waals surface area contributed by atoms with Gasteiger partial charge >= 0.3 is 0 Å². The van der Waals surface area contributed by atoms with Crippen LogP contribution in [-0.2, 0) is 0 Å². The largest absolute Gasteiger partial charge is 0.358 e. The van der Waals surface area contributed by atoms with E-state index in [9.17, 15) is 13.2 Å². The minimum Gasteiger partial charge on any atom is -0.358 e. The van der Waals surface area contributed by atoms with Gasteiger partial charge in [0.1, 0.15) is 0 Å². The van der Waals surface area contributed by atoms with Gasteiger partial charge in [-0.05, 0) is 18.2 Å². The van der Waals surface area contributed by atoms with Gasteiger partial charge in [0, 0.05) is 22.5 Å². The number of halogens is 3. The van der Waals surface area contributed by atoms with Gasteiger partial charge in [0.15, 0.2) is 17.5 Å². The highest BCUT2D eigenvalue weighted by Crippen LogP contribution is 2.31. The van der Waals surface area contributed by atoms with E-state index in [-0.39, 0.29) is 10.9 Å². The molecule has 2 aromatic carbocycles. The highest BCUT2D eigenvalue weighted by Gasteiger charge is 2.18. The number of nitrogens with zero attached hydrogens (tertiary/aromatic N) is 1. The molecule has 0 amide bonds. The third-order valence-corrected chi connectivity index (χ3v) is 3.69. The third kappa shape index (κ3) is 1.79. The van der Waals surface area contributed by atoms with Gasteiger partial charge in [-0.3, -0.25) is 0 Å². The molecular weight excluding hydrogens is 289 g/mol. The molecule has 4 aromatic rings. The number of hydrogen-bond acceptors (Lipinski definition) is 1. The van der Waals surface area contributed by atoms with E-state index in [1.165, 1.54) is 6.20 Å².